The summed E-state index contributed by atoms with van der Waals surface area (Å²) in [5, 5.41) is 3.40. The molecule has 10 heteroatoms. The lowest BCUT2D eigenvalue weighted by molar-refractivity contribution is -0.118. The van der Waals surface area contributed by atoms with Gasteiger partial charge in [0.15, 0.2) is 5.13 Å². The predicted octanol–water partition coefficient (Wildman–Crippen LogP) is 4.75. The molecular weight excluding hydrogens is 511 g/mol. The van der Waals surface area contributed by atoms with E-state index in [-0.39, 0.29) is 40.9 Å². The van der Waals surface area contributed by atoms with Gasteiger partial charge in [0.05, 0.1) is 12.3 Å². The van der Waals surface area contributed by atoms with Crippen molar-refractivity contribution in [3.05, 3.63) is 46.7 Å². The molecule has 0 saturated carbocycles. The highest BCUT2D eigenvalue weighted by Crippen LogP contribution is 2.46. The third-order valence-electron chi connectivity index (χ3n) is 7.71. The number of anilines is 1. The van der Waals surface area contributed by atoms with Crippen molar-refractivity contribution in [2.45, 2.75) is 65.3 Å². The molecule has 1 N–H and O–H groups in total. The van der Waals surface area contributed by atoms with Crippen LogP contribution in [0.5, 0.6) is 0 Å². The van der Waals surface area contributed by atoms with E-state index in [9.17, 15) is 17.6 Å². The molecule has 7 nitrogen and oxygen atoms in total. The second kappa shape index (κ2) is 11.1. The molecule has 0 unspecified atom stereocenters. The van der Waals surface area contributed by atoms with Crippen molar-refractivity contribution in [2.75, 3.05) is 37.2 Å². The largest absolute Gasteiger partial charge is 0.301 e. The average molecular weight is 551 g/mol. The molecule has 3 heterocycles. The van der Waals surface area contributed by atoms with Gasteiger partial charge in [0, 0.05) is 29.6 Å². The zero-order valence-electron chi connectivity index (χ0n) is 22.3. The minimum absolute atomic E-state index is 0.0243. The molecule has 2 aliphatic rings. The SMILES string of the molecule is CC(C)CS(=O)(=O)N1CC2(CCN(CC(=O)Nc3ncc(Cc4ccccc4F)s3)CC2)CCC1(C)C. The first-order valence-corrected chi connectivity index (χ1v) is 15.5. The zero-order valence-corrected chi connectivity index (χ0v) is 23.9. The lowest BCUT2D eigenvalue weighted by atomic mass is 9.69. The maximum atomic E-state index is 13.9. The number of halogens is 1. The fourth-order valence-electron chi connectivity index (χ4n) is 5.51. The fraction of sp³-hybridized carbons (Fsp3) is 0.630. The smallest absolute Gasteiger partial charge is 0.240 e. The number of amides is 1. The van der Waals surface area contributed by atoms with Gasteiger partial charge in [-0.2, -0.15) is 4.31 Å². The lowest BCUT2D eigenvalue weighted by Crippen LogP contribution is -2.59. The number of likely N-dealkylation sites (tertiary alicyclic amines) is 1. The summed E-state index contributed by atoms with van der Waals surface area (Å²) in [6.45, 7) is 10.4. The minimum Gasteiger partial charge on any atom is -0.301 e. The summed E-state index contributed by atoms with van der Waals surface area (Å²) >= 11 is 1.36. The van der Waals surface area contributed by atoms with Gasteiger partial charge in [0.2, 0.25) is 15.9 Å². The van der Waals surface area contributed by atoms with Gasteiger partial charge in [-0.05, 0) is 75.6 Å². The van der Waals surface area contributed by atoms with Crippen LogP contribution in [0, 0.1) is 17.2 Å². The van der Waals surface area contributed by atoms with Crippen LogP contribution in [0.25, 0.3) is 0 Å². The molecule has 2 aliphatic heterocycles. The van der Waals surface area contributed by atoms with E-state index < -0.39 is 10.0 Å². The Morgan fingerprint density at radius 2 is 1.86 bits per heavy atom. The molecule has 1 aromatic heterocycles. The van der Waals surface area contributed by atoms with Gasteiger partial charge in [0.25, 0.3) is 0 Å². The summed E-state index contributed by atoms with van der Waals surface area (Å²) in [7, 11) is -3.32. The third kappa shape index (κ3) is 6.96. The van der Waals surface area contributed by atoms with Crippen LogP contribution in [0.3, 0.4) is 0 Å². The predicted molar refractivity (Wildman–Crippen MR) is 147 cm³/mol. The van der Waals surface area contributed by atoms with Crippen molar-refractivity contribution in [3.8, 4) is 0 Å². The van der Waals surface area contributed by atoms with Crippen LogP contribution in [0.2, 0.25) is 0 Å². The Morgan fingerprint density at radius 3 is 2.54 bits per heavy atom. The summed E-state index contributed by atoms with van der Waals surface area (Å²) in [4.78, 5) is 20.0. The van der Waals surface area contributed by atoms with E-state index in [0.717, 1.165) is 43.6 Å². The number of sulfonamides is 1. The van der Waals surface area contributed by atoms with E-state index in [1.807, 2.05) is 27.7 Å². The summed E-state index contributed by atoms with van der Waals surface area (Å²) < 4.78 is 42.1. The van der Waals surface area contributed by atoms with Gasteiger partial charge in [-0.25, -0.2) is 17.8 Å². The number of benzene rings is 1. The first kappa shape index (κ1) is 28.1. The molecule has 2 saturated heterocycles. The molecule has 4 rings (SSSR count). The first-order valence-electron chi connectivity index (χ1n) is 13.1. The van der Waals surface area contributed by atoms with Crippen molar-refractivity contribution < 1.29 is 17.6 Å². The van der Waals surface area contributed by atoms with Crippen LogP contribution in [-0.4, -0.2) is 66.0 Å². The first-order chi connectivity index (χ1) is 17.4. The maximum Gasteiger partial charge on any atom is 0.240 e. The number of thiazole rings is 1. The van der Waals surface area contributed by atoms with Crippen LogP contribution in [0.15, 0.2) is 30.5 Å². The van der Waals surface area contributed by atoms with E-state index in [0.29, 0.717) is 23.7 Å². The standard InChI is InChI=1S/C27H39FN4O3S2/c1-20(2)18-37(34,35)32-19-27(10-9-26(32,3)4)11-13-31(14-12-27)17-24(33)30-25-29-16-22(36-25)15-21-7-5-6-8-23(21)28/h5-8,16,20H,9-15,17-19H2,1-4H3,(H,29,30,33). The molecule has 1 aromatic carbocycles. The Kier molecular flexibility index (Phi) is 8.43. The van der Waals surface area contributed by atoms with E-state index in [2.05, 4.69) is 15.2 Å². The van der Waals surface area contributed by atoms with E-state index in [1.165, 1.54) is 17.4 Å². The number of nitrogens with one attached hydrogen (secondary N) is 1. The molecular formula is C27H39FN4O3S2. The summed E-state index contributed by atoms with van der Waals surface area (Å²) in [6.07, 6.45) is 5.75. The number of hydrogen-bond donors (Lipinski definition) is 1. The quantitative estimate of drug-likeness (QED) is 0.513. The molecule has 0 radical (unpaired) electrons. The van der Waals surface area contributed by atoms with E-state index in [1.54, 1.807) is 28.7 Å². The summed E-state index contributed by atoms with van der Waals surface area (Å²) in [5.74, 6) is -0.0926. The summed E-state index contributed by atoms with van der Waals surface area (Å²) in [5.41, 5.74) is 0.214. The monoisotopic (exact) mass is 550 g/mol. The van der Waals surface area contributed by atoms with Crippen LogP contribution < -0.4 is 5.32 Å². The molecule has 1 amide bonds. The highest BCUT2D eigenvalue weighted by atomic mass is 32.2. The average Bonchev–Trinajstić information content (AvgIpc) is 3.24. The Hall–Kier alpha value is -1.88. The molecule has 204 valence electrons. The number of aromatic nitrogens is 1. The molecule has 2 fully saturated rings. The highest BCUT2D eigenvalue weighted by molar-refractivity contribution is 7.89. The third-order valence-corrected chi connectivity index (χ3v) is 11.0. The second-order valence-electron chi connectivity index (χ2n) is 11.7. The van der Waals surface area contributed by atoms with Crippen LogP contribution in [-0.2, 0) is 21.2 Å². The lowest BCUT2D eigenvalue weighted by Gasteiger charge is -2.53. The van der Waals surface area contributed by atoms with Gasteiger partial charge >= 0.3 is 0 Å². The van der Waals surface area contributed by atoms with Crippen LogP contribution in [0.1, 0.15) is 63.8 Å². The number of nitrogens with zero attached hydrogens (tertiary/aromatic N) is 3. The van der Waals surface area contributed by atoms with Gasteiger partial charge in [-0.3, -0.25) is 9.69 Å². The van der Waals surface area contributed by atoms with Crippen molar-refractivity contribution in [1.82, 2.24) is 14.2 Å². The fourth-order valence-corrected chi connectivity index (χ4v) is 8.70. The number of carbonyl (C=O) groups is 1. The van der Waals surface area contributed by atoms with Gasteiger partial charge in [-0.1, -0.05) is 32.0 Å². The number of hydrogen-bond acceptors (Lipinski definition) is 6. The molecule has 1 spiro atoms. The van der Waals surface area contributed by atoms with E-state index in [4.69, 9.17) is 0 Å². The molecule has 2 aromatic rings. The van der Waals surface area contributed by atoms with Crippen molar-refractivity contribution in [1.29, 1.82) is 0 Å². The number of piperidine rings is 2. The number of carbonyl (C=O) groups excluding carboxylic acids is 1. The number of rotatable bonds is 8. The molecule has 37 heavy (non-hydrogen) atoms. The Morgan fingerprint density at radius 1 is 1.16 bits per heavy atom. The molecule has 0 bridgehead atoms. The molecule has 0 aliphatic carbocycles. The second-order valence-corrected chi connectivity index (χ2v) is 14.8. The van der Waals surface area contributed by atoms with Gasteiger partial charge in [0.1, 0.15) is 5.82 Å². The Labute approximate surface area is 224 Å². The Bertz CT molecular complexity index is 1200. The normalized spacial score (nSPS) is 20.4. The van der Waals surface area contributed by atoms with Crippen LogP contribution in [0.4, 0.5) is 9.52 Å². The topological polar surface area (TPSA) is 82.6 Å². The van der Waals surface area contributed by atoms with Crippen molar-refractivity contribution in [2.24, 2.45) is 11.3 Å². The highest BCUT2D eigenvalue weighted by Gasteiger charge is 2.48. The Balaban J connectivity index is 1.30. The van der Waals surface area contributed by atoms with E-state index >= 15 is 0 Å². The molecule has 0 atom stereocenters. The van der Waals surface area contributed by atoms with Crippen molar-refractivity contribution in [3.63, 3.8) is 0 Å². The summed E-state index contributed by atoms with van der Waals surface area (Å²) in [6, 6.07) is 6.67. The van der Waals surface area contributed by atoms with Gasteiger partial charge < -0.3 is 5.32 Å². The van der Waals surface area contributed by atoms with Gasteiger partial charge in [-0.15, -0.1) is 11.3 Å². The van der Waals surface area contributed by atoms with Crippen molar-refractivity contribution >= 4 is 32.4 Å². The maximum absolute atomic E-state index is 13.9. The van der Waals surface area contributed by atoms with Crippen LogP contribution >= 0.6 is 11.3 Å². The zero-order chi connectivity index (χ0) is 26.8. The minimum atomic E-state index is -3.32.